The molecule has 8 heteroatoms. The Labute approximate surface area is 170 Å². The molecule has 0 atom stereocenters. The van der Waals surface area contributed by atoms with Crippen molar-refractivity contribution in [1.29, 1.82) is 0 Å². The molecule has 0 bridgehead atoms. The zero-order valence-electron chi connectivity index (χ0n) is 17.0. The van der Waals surface area contributed by atoms with Gasteiger partial charge in [-0.2, -0.15) is 0 Å². The van der Waals surface area contributed by atoms with Crippen LogP contribution in [0.15, 0.2) is 30.6 Å². The van der Waals surface area contributed by atoms with E-state index in [4.69, 9.17) is 0 Å². The summed E-state index contributed by atoms with van der Waals surface area (Å²) in [5.41, 5.74) is 2.22. The second-order valence-electron chi connectivity index (χ2n) is 7.41. The Morgan fingerprint density at radius 3 is 2.45 bits per heavy atom. The molecule has 1 aromatic carbocycles. The number of aryl methyl sites for hydroxylation is 1. The SMILES string of the molecule is CNC(=O)c1nc[nH]c1C(=O)N[C@H]1CC[C@H](C(=O)N(C)c2ccccc2C)CC1. The number of aromatic nitrogens is 2. The number of amides is 3. The van der Waals surface area contributed by atoms with Gasteiger partial charge < -0.3 is 20.5 Å². The van der Waals surface area contributed by atoms with Gasteiger partial charge in [0.1, 0.15) is 5.69 Å². The summed E-state index contributed by atoms with van der Waals surface area (Å²) in [7, 11) is 3.31. The van der Waals surface area contributed by atoms with Crippen LogP contribution in [0.3, 0.4) is 0 Å². The molecular weight excluding hydrogens is 370 g/mol. The van der Waals surface area contributed by atoms with Crippen LogP contribution >= 0.6 is 0 Å². The van der Waals surface area contributed by atoms with Crippen LogP contribution < -0.4 is 15.5 Å². The van der Waals surface area contributed by atoms with Crippen molar-refractivity contribution in [2.45, 2.75) is 38.6 Å². The second kappa shape index (κ2) is 8.89. The molecule has 3 rings (SSSR count). The first-order valence-corrected chi connectivity index (χ1v) is 9.81. The van der Waals surface area contributed by atoms with Crippen LogP contribution in [0.2, 0.25) is 0 Å². The molecule has 154 valence electrons. The van der Waals surface area contributed by atoms with Gasteiger partial charge >= 0.3 is 0 Å². The van der Waals surface area contributed by atoms with Crippen molar-refractivity contribution in [2.75, 3.05) is 19.0 Å². The maximum absolute atomic E-state index is 12.9. The first-order chi connectivity index (χ1) is 13.9. The monoisotopic (exact) mass is 397 g/mol. The summed E-state index contributed by atoms with van der Waals surface area (Å²) in [6.07, 6.45) is 4.19. The van der Waals surface area contributed by atoms with Gasteiger partial charge in [0.2, 0.25) is 5.91 Å². The lowest BCUT2D eigenvalue weighted by Crippen LogP contribution is -2.42. The van der Waals surface area contributed by atoms with Crippen molar-refractivity contribution in [1.82, 2.24) is 20.6 Å². The van der Waals surface area contributed by atoms with Gasteiger partial charge in [0.05, 0.1) is 6.33 Å². The molecule has 1 aliphatic rings. The van der Waals surface area contributed by atoms with E-state index in [0.717, 1.165) is 11.3 Å². The van der Waals surface area contributed by atoms with E-state index in [1.807, 2.05) is 38.2 Å². The Hall–Kier alpha value is -3.16. The average Bonchev–Trinajstić information content (AvgIpc) is 3.23. The Balaban J connectivity index is 1.56. The van der Waals surface area contributed by atoms with E-state index in [2.05, 4.69) is 20.6 Å². The molecule has 0 unspecified atom stereocenters. The molecule has 3 amide bonds. The quantitative estimate of drug-likeness (QED) is 0.717. The molecule has 1 fully saturated rings. The summed E-state index contributed by atoms with van der Waals surface area (Å²) >= 11 is 0. The van der Waals surface area contributed by atoms with E-state index < -0.39 is 5.91 Å². The number of nitrogens with one attached hydrogen (secondary N) is 3. The van der Waals surface area contributed by atoms with Crippen LogP contribution in [0.4, 0.5) is 5.69 Å². The molecule has 0 radical (unpaired) electrons. The Bertz CT molecular complexity index is 899. The Kier molecular flexibility index (Phi) is 6.31. The van der Waals surface area contributed by atoms with Crippen molar-refractivity contribution >= 4 is 23.4 Å². The van der Waals surface area contributed by atoms with Gasteiger partial charge in [0.25, 0.3) is 11.8 Å². The topological polar surface area (TPSA) is 107 Å². The number of rotatable bonds is 5. The predicted octanol–water partition coefficient (Wildman–Crippen LogP) is 2.03. The number of imidazole rings is 1. The maximum Gasteiger partial charge on any atom is 0.272 e. The Morgan fingerprint density at radius 1 is 1.10 bits per heavy atom. The minimum Gasteiger partial charge on any atom is -0.354 e. The molecule has 3 N–H and O–H groups in total. The lowest BCUT2D eigenvalue weighted by Gasteiger charge is -2.31. The van der Waals surface area contributed by atoms with Gasteiger partial charge in [-0.3, -0.25) is 14.4 Å². The number of carbonyl (C=O) groups is 3. The zero-order chi connectivity index (χ0) is 21.0. The lowest BCUT2D eigenvalue weighted by atomic mass is 9.85. The largest absolute Gasteiger partial charge is 0.354 e. The summed E-state index contributed by atoms with van der Waals surface area (Å²) in [5, 5.41) is 5.42. The highest BCUT2D eigenvalue weighted by molar-refractivity contribution is 6.04. The molecule has 0 saturated heterocycles. The van der Waals surface area contributed by atoms with Crippen molar-refractivity contribution < 1.29 is 14.4 Å². The molecule has 1 heterocycles. The minimum absolute atomic E-state index is 0.0313. The van der Waals surface area contributed by atoms with Crippen LogP contribution in [0, 0.1) is 12.8 Å². The molecule has 2 aromatic rings. The lowest BCUT2D eigenvalue weighted by molar-refractivity contribution is -0.123. The number of aromatic amines is 1. The summed E-state index contributed by atoms with van der Waals surface area (Å²) < 4.78 is 0. The highest BCUT2D eigenvalue weighted by atomic mass is 16.2. The molecule has 1 aliphatic carbocycles. The third-order valence-corrected chi connectivity index (χ3v) is 5.53. The van der Waals surface area contributed by atoms with Crippen molar-refractivity contribution in [3.05, 3.63) is 47.5 Å². The minimum atomic E-state index is -0.412. The first-order valence-electron chi connectivity index (χ1n) is 9.81. The molecule has 0 spiro atoms. The number of carbonyl (C=O) groups excluding carboxylic acids is 3. The molecule has 1 aromatic heterocycles. The van der Waals surface area contributed by atoms with Crippen molar-refractivity contribution in [2.24, 2.45) is 5.92 Å². The standard InChI is InChI=1S/C21H27N5O3/c1-13-6-4-5-7-16(13)26(3)21(29)14-8-10-15(11-9-14)25-20(28)18-17(19(27)22-2)23-12-24-18/h4-7,12,14-15H,8-11H2,1-3H3,(H,22,27)(H,23,24)(H,25,28)/t14-,15-. The number of benzene rings is 1. The van der Waals surface area contributed by atoms with Gasteiger partial charge in [0, 0.05) is 31.7 Å². The molecule has 8 nitrogen and oxygen atoms in total. The first kappa shape index (κ1) is 20.6. The third-order valence-electron chi connectivity index (χ3n) is 5.53. The highest BCUT2D eigenvalue weighted by Crippen LogP contribution is 2.28. The fraction of sp³-hybridized carbons (Fsp3) is 0.429. The van der Waals surface area contributed by atoms with E-state index in [0.29, 0.717) is 25.7 Å². The van der Waals surface area contributed by atoms with E-state index in [9.17, 15) is 14.4 Å². The molecule has 1 saturated carbocycles. The van der Waals surface area contributed by atoms with Crippen LogP contribution in [-0.2, 0) is 4.79 Å². The molecule has 0 aliphatic heterocycles. The average molecular weight is 397 g/mol. The number of anilines is 1. The number of H-pyrrole nitrogens is 1. The fourth-order valence-electron chi connectivity index (χ4n) is 3.83. The summed E-state index contributed by atoms with van der Waals surface area (Å²) in [6, 6.07) is 7.80. The normalized spacial score (nSPS) is 18.7. The van der Waals surface area contributed by atoms with Gasteiger partial charge in [-0.05, 0) is 44.2 Å². The Morgan fingerprint density at radius 2 is 1.79 bits per heavy atom. The predicted molar refractivity (Wildman–Crippen MR) is 110 cm³/mol. The van der Waals surface area contributed by atoms with Crippen LogP contribution in [-0.4, -0.2) is 47.8 Å². The van der Waals surface area contributed by atoms with Gasteiger partial charge in [-0.1, -0.05) is 18.2 Å². The number of nitrogens with zero attached hydrogens (tertiary/aromatic N) is 2. The number of para-hydroxylation sites is 1. The van der Waals surface area contributed by atoms with Crippen molar-refractivity contribution in [3.63, 3.8) is 0 Å². The van der Waals surface area contributed by atoms with Crippen LogP contribution in [0.1, 0.15) is 52.2 Å². The summed E-state index contributed by atoms with van der Waals surface area (Å²) in [4.78, 5) is 45.6. The fourth-order valence-corrected chi connectivity index (χ4v) is 3.83. The van der Waals surface area contributed by atoms with Gasteiger partial charge in [0.15, 0.2) is 5.69 Å². The third kappa shape index (κ3) is 4.47. The van der Waals surface area contributed by atoms with E-state index in [1.54, 1.807) is 4.90 Å². The summed E-state index contributed by atoms with van der Waals surface area (Å²) in [6.45, 7) is 1.99. The van der Waals surface area contributed by atoms with Crippen LogP contribution in [0.5, 0.6) is 0 Å². The van der Waals surface area contributed by atoms with Crippen LogP contribution in [0.25, 0.3) is 0 Å². The smallest absolute Gasteiger partial charge is 0.272 e. The number of hydrogen-bond acceptors (Lipinski definition) is 4. The van der Waals surface area contributed by atoms with Crippen molar-refractivity contribution in [3.8, 4) is 0 Å². The van der Waals surface area contributed by atoms with Gasteiger partial charge in [-0.15, -0.1) is 0 Å². The van der Waals surface area contributed by atoms with Gasteiger partial charge in [-0.25, -0.2) is 4.98 Å². The molecular formula is C21H27N5O3. The zero-order valence-corrected chi connectivity index (χ0v) is 17.0. The van der Waals surface area contributed by atoms with E-state index in [-0.39, 0.29) is 35.2 Å². The second-order valence-corrected chi connectivity index (χ2v) is 7.41. The summed E-state index contributed by atoms with van der Waals surface area (Å²) in [5.74, 6) is -0.709. The highest BCUT2D eigenvalue weighted by Gasteiger charge is 2.30. The maximum atomic E-state index is 12.9. The molecule has 29 heavy (non-hydrogen) atoms. The number of hydrogen-bond donors (Lipinski definition) is 3. The van der Waals surface area contributed by atoms with E-state index in [1.165, 1.54) is 13.4 Å². The van der Waals surface area contributed by atoms with E-state index >= 15 is 0 Å².